The molecule has 0 aromatic rings. The van der Waals surface area contributed by atoms with Gasteiger partial charge < -0.3 is 4.74 Å². The molecule has 82 valence electrons. The molecule has 0 aromatic carbocycles. The van der Waals surface area contributed by atoms with Crippen LogP contribution in [0, 0.1) is 11.8 Å². The van der Waals surface area contributed by atoms with Gasteiger partial charge in [0.05, 0.1) is 4.75 Å². The van der Waals surface area contributed by atoms with Crippen LogP contribution in [0.4, 0.5) is 0 Å². The normalized spacial score (nSPS) is 39.7. The number of sulfonamides is 1. The van der Waals surface area contributed by atoms with Crippen LogP contribution in [-0.2, 0) is 14.8 Å². The van der Waals surface area contributed by atoms with E-state index < -0.39 is 14.8 Å². The summed E-state index contributed by atoms with van der Waals surface area (Å²) < 4.78 is 27.7. The van der Waals surface area contributed by atoms with Crippen molar-refractivity contribution in [3.8, 4) is 0 Å². The summed E-state index contributed by atoms with van der Waals surface area (Å²) in [7, 11) is -3.40. The van der Waals surface area contributed by atoms with Crippen molar-refractivity contribution in [2.45, 2.75) is 30.9 Å². The summed E-state index contributed by atoms with van der Waals surface area (Å²) >= 11 is 0. The topological polar surface area (TPSA) is 69.4 Å². The molecule has 1 saturated heterocycles. The molecule has 2 rings (SSSR count). The molecule has 1 heterocycles. The molecule has 4 nitrogen and oxygen atoms in total. The Labute approximate surface area is 84.9 Å². The maximum Gasteiger partial charge on any atom is 0.215 e. The lowest BCUT2D eigenvalue weighted by Gasteiger charge is -2.29. The van der Waals surface area contributed by atoms with Crippen LogP contribution in [0.15, 0.2) is 0 Å². The van der Waals surface area contributed by atoms with Gasteiger partial charge in [-0.1, -0.05) is 6.92 Å². The molecule has 2 N–H and O–H groups in total. The van der Waals surface area contributed by atoms with Gasteiger partial charge in [0.2, 0.25) is 10.0 Å². The van der Waals surface area contributed by atoms with Crippen LogP contribution in [0.25, 0.3) is 0 Å². The summed E-state index contributed by atoms with van der Waals surface area (Å²) in [4.78, 5) is 0. The molecule has 2 fully saturated rings. The Morgan fingerprint density at radius 2 is 1.86 bits per heavy atom. The van der Waals surface area contributed by atoms with E-state index in [1.54, 1.807) is 0 Å². The maximum absolute atomic E-state index is 11.6. The van der Waals surface area contributed by atoms with Gasteiger partial charge in [-0.15, -0.1) is 0 Å². The molecular formula is C9H17NO3S. The standard InChI is InChI=1S/C9H17NO3S/c1-7-6-9(7,14(10,11)12)8-2-4-13-5-3-8/h7-8H,2-6H2,1H3,(H2,10,11,12). The zero-order valence-electron chi connectivity index (χ0n) is 8.40. The molecule has 0 spiro atoms. The molecule has 1 aliphatic carbocycles. The van der Waals surface area contributed by atoms with E-state index in [1.165, 1.54) is 0 Å². The average Bonchev–Trinajstić information content (AvgIpc) is 2.79. The van der Waals surface area contributed by atoms with Gasteiger partial charge in [-0.25, -0.2) is 13.6 Å². The smallest absolute Gasteiger partial charge is 0.215 e. The second-order valence-electron chi connectivity index (χ2n) is 4.49. The largest absolute Gasteiger partial charge is 0.381 e. The summed E-state index contributed by atoms with van der Waals surface area (Å²) in [5, 5.41) is 5.33. The van der Waals surface area contributed by atoms with Crippen molar-refractivity contribution in [2.24, 2.45) is 17.0 Å². The number of hydrogen-bond acceptors (Lipinski definition) is 3. The molecule has 5 heteroatoms. The Morgan fingerprint density at radius 3 is 2.21 bits per heavy atom. The van der Waals surface area contributed by atoms with E-state index in [2.05, 4.69) is 0 Å². The Hall–Kier alpha value is -0.130. The third kappa shape index (κ3) is 1.38. The SMILES string of the molecule is CC1CC1(C1CCOCC1)S(N)(=O)=O. The summed E-state index contributed by atoms with van der Waals surface area (Å²) in [6.45, 7) is 3.32. The summed E-state index contributed by atoms with van der Waals surface area (Å²) in [6, 6.07) is 0. The van der Waals surface area contributed by atoms with Crippen LogP contribution in [0.2, 0.25) is 0 Å². The Kier molecular flexibility index (Phi) is 2.36. The quantitative estimate of drug-likeness (QED) is 0.734. The number of primary sulfonamides is 1. The van der Waals surface area contributed by atoms with Crippen LogP contribution in [0.5, 0.6) is 0 Å². The monoisotopic (exact) mass is 219 g/mol. The fourth-order valence-corrected chi connectivity index (χ4v) is 4.55. The van der Waals surface area contributed by atoms with E-state index >= 15 is 0 Å². The first kappa shape index (κ1) is 10.4. The van der Waals surface area contributed by atoms with Gasteiger partial charge in [0.15, 0.2) is 0 Å². The van der Waals surface area contributed by atoms with Crippen molar-refractivity contribution in [1.29, 1.82) is 0 Å². The highest BCUT2D eigenvalue weighted by molar-refractivity contribution is 7.90. The van der Waals surface area contributed by atoms with Crippen molar-refractivity contribution in [3.63, 3.8) is 0 Å². The van der Waals surface area contributed by atoms with Crippen molar-refractivity contribution >= 4 is 10.0 Å². The Bertz CT molecular complexity index is 321. The zero-order valence-corrected chi connectivity index (χ0v) is 9.22. The maximum atomic E-state index is 11.6. The highest BCUT2D eigenvalue weighted by Gasteiger charge is 2.64. The summed E-state index contributed by atoms with van der Waals surface area (Å²) in [6.07, 6.45) is 2.40. The summed E-state index contributed by atoms with van der Waals surface area (Å²) in [5.74, 6) is 0.432. The molecule has 0 aromatic heterocycles. The summed E-state index contributed by atoms with van der Waals surface area (Å²) in [5.41, 5.74) is 0. The Balaban J connectivity index is 2.21. The van der Waals surface area contributed by atoms with E-state index in [-0.39, 0.29) is 11.8 Å². The van der Waals surface area contributed by atoms with Crippen molar-refractivity contribution in [3.05, 3.63) is 0 Å². The van der Waals surface area contributed by atoms with E-state index in [0.29, 0.717) is 13.2 Å². The number of nitrogens with two attached hydrogens (primary N) is 1. The van der Waals surface area contributed by atoms with Crippen molar-refractivity contribution in [2.75, 3.05) is 13.2 Å². The average molecular weight is 219 g/mol. The van der Waals surface area contributed by atoms with Gasteiger partial charge in [0, 0.05) is 13.2 Å². The predicted molar refractivity (Wildman–Crippen MR) is 53.2 cm³/mol. The van der Waals surface area contributed by atoms with Crippen molar-refractivity contribution < 1.29 is 13.2 Å². The molecule has 1 aliphatic heterocycles. The first-order valence-electron chi connectivity index (χ1n) is 5.08. The fraction of sp³-hybridized carbons (Fsp3) is 1.00. The molecule has 2 unspecified atom stereocenters. The van der Waals surface area contributed by atoms with Gasteiger partial charge in [-0.2, -0.15) is 0 Å². The lowest BCUT2D eigenvalue weighted by atomic mass is 9.93. The highest BCUT2D eigenvalue weighted by Crippen LogP contribution is 2.56. The zero-order chi connectivity index (χ0) is 10.4. The van der Waals surface area contributed by atoms with E-state index in [1.807, 2.05) is 6.92 Å². The Morgan fingerprint density at radius 1 is 1.36 bits per heavy atom. The lowest BCUT2D eigenvalue weighted by Crippen LogP contribution is -2.41. The van der Waals surface area contributed by atoms with Gasteiger partial charge in [0.25, 0.3) is 0 Å². The van der Waals surface area contributed by atoms with Gasteiger partial charge >= 0.3 is 0 Å². The van der Waals surface area contributed by atoms with Crippen LogP contribution in [0.3, 0.4) is 0 Å². The second kappa shape index (κ2) is 3.18. The number of ether oxygens (including phenoxy) is 1. The van der Waals surface area contributed by atoms with Crippen LogP contribution in [0.1, 0.15) is 26.2 Å². The van der Waals surface area contributed by atoms with Crippen molar-refractivity contribution in [1.82, 2.24) is 0 Å². The highest BCUT2D eigenvalue weighted by atomic mass is 32.2. The number of hydrogen-bond donors (Lipinski definition) is 1. The van der Waals surface area contributed by atoms with Gasteiger partial charge in [-0.05, 0) is 31.1 Å². The molecule has 0 amide bonds. The molecule has 2 atom stereocenters. The number of rotatable bonds is 2. The minimum Gasteiger partial charge on any atom is -0.381 e. The first-order valence-corrected chi connectivity index (χ1v) is 6.63. The lowest BCUT2D eigenvalue weighted by molar-refractivity contribution is 0.0615. The van der Waals surface area contributed by atoms with E-state index in [4.69, 9.17) is 9.88 Å². The molecule has 2 aliphatic rings. The van der Waals surface area contributed by atoms with Gasteiger partial charge in [0.1, 0.15) is 0 Å². The first-order chi connectivity index (χ1) is 6.48. The molecule has 14 heavy (non-hydrogen) atoms. The minimum absolute atomic E-state index is 0.209. The predicted octanol–water partition coefficient (Wildman–Crippen LogP) is 0.480. The third-order valence-corrected chi connectivity index (χ3v) is 5.70. The molecule has 0 bridgehead atoms. The fourth-order valence-electron chi connectivity index (χ4n) is 2.80. The van der Waals surface area contributed by atoms with Gasteiger partial charge in [-0.3, -0.25) is 0 Å². The van der Waals surface area contributed by atoms with Crippen LogP contribution >= 0.6 is 0 Å². The third-order valence-electron chi connectivity index (χ3n) is 3.74. The molecule has 1 saturated carbocycles. The second-order valence-corrected chi connectivity index (χ2v) is 6.34. The van der Waals surface area contributed by atoms with Crippen LogP contribution in [-0.4, -0.2) is 26.4 Å². The van der Waals surface area contributed by atoms with Crippen LogP contribution < -0.4 is 5.14 Å². The van der Waals surface area contributed by atoms with E-state index in [9.17, 15) is 8.42 Å². The van der Waals surface area contributed by atoms with E-state index in [0.717, 1.165) is 19.3 Å². The minimum atomic E-state index is -3.40. The molecular weight excluding hydrogens is 202 g/mol. The molecule has 0 radical (unpaired) electrons.